The predicted molar refractivity (Wildman–Crippen MR) is 126 cm³/mol. The Labute approximate surface area is 207 Å². The van der Waals surface area contributed by atoms with Gasteiger partial charge in [0.2, 0.25) is 11.2 Å². The SMILES string of the molecule is O=C(COc1ccc2c(=O)c(Oc3ccccc3Br)c(C(F)(F)F)oc2c1)c1ccc(Br)cc1. The van der Waals surface area contributed by atoms with Gasteiger partial charge in [0.05, 0.1) is 9.86 Å². The second kappa shape index (κ2) is 9.63. The van der Waals surface area contributed by atoms with E-state index in [4.69, 9.17) is 13.9 Å². The van der Waals surface area contributed by atoms with Gasteiger partial charge in [0, 0.05) is 16.1 Å². The number of ether oxygens (including phenoxy) is 2. The molecule has 0 fully saturated rings. The number of halogens is 5. The largest absolute Gasteiger partial charge is 0.485 e. The normalized spacial score (nSPS) is 11.4. The Hall–Kier alpha value is -3.11. The molecule has 4 rings (SSSR count). The summed E-state index contributed by atoms with van der Waals surface area (Å²) in [6.45, 7) is -0.354. The number of para-hydroxylation sites is 1. The quantitative estimate of drug-likeness (QED) is 0.217. The first kappa shape index (κ1) is 24.0. The average molecular weight is 598 g/mol. The summed E-state index contributed by atoms with van der Waals surface area (Å²) in [6.07, 6.45) is -5.00. The monoisotopic (exact) mass is 596 g/mol. The molecule has 0 aliphatic heterocycles. The van der Waals surface area contributed by atoms with Crippen LogP contribution in [0.5, 0.6) is 17.2 Å². The number of carbonyl (C=O) groups excluding carboxylic acids is 1. The van der Waals surface area contributed by atoms with Crippen molar-refractivity contribution in [2.45, 2.75) is 6.18 Å². The maximum absolute atomic E-state index is 13.7. The van der Waals surface area contributed by atoms with Crippen molar-refractivity contribution in [3.8, 4) is 17.2 Å². The molecule has 1 aromatic heterocycles. The van der Waals surface area contributed by atoms with E-state index in [0.29, 0.717) is 10.0 Å². The molecule has 0 N–H and O–H groups in total. The van der Waals surface area contributed by atoms with Crippen molar-refractivity contribution < 1.29 is 31.9 Å². The second-order valence-corrected chi connectivity index (χ2v) is 8.77. The van der Waals surface area contributed by atoms with E-state index in [1.54, 1.807) is 42.5 Å². The number of fused-ring (bicyclic) bond motifs is 1. The fraction of sp³-hybridized carbons (Fsp3) is 0.0833. The fourth-order valence-corrected chi connectivity index (χ4v) is 3.66. The molecule has 34 heavy (non-hydrogen) atoms. The van der Waals surface area contributed by atoms with Crippen molar-refractivity contribution in [3.63, 3.8) is 0 Å². The van der Waals surface area contributed by atoms with Gasteiger partial charge in [-0.05, 0) is 52.3 Å². The van der Waals surface area contributed by atoms with Crippen LogP contribution in [0.25, 0.3) is 11.0 Å². The number of Topliss-reactive ketones (excluding diaryl/α,β-unsaturated/α-hetero) is 1. The van der Waals surface area contributed by atoms with E-state index >= 15 is 0 Å². The first-order valence-corrected chi connectivity index (χ1v) is 11.2. The van der Waals surface area contributed by atoms with Crippen LogP contribution in [-0.2, 0) is 6.18 Å². The number of hydrogen-bond donors (Lipinski definition) is 0. The molecular weight excluding hydrogens is 585 g/mol. The van der Waals surface area contributed by atoms with E-state index in [1.165, 1.54) is 18.2 Å². The highest BCUT2D eigenvalue weighted by Crippen LogP contribution is 2.39. The molecule has 0 saturated carbocycles. The molecule has 0 spiro atoms. The van der Waals surface area contributed by atoms with Gasteiger partial charge in [0.15, 0.2) is 12.4 Å². The van der Waals surface area contributed by atoms with Gasteiger partial charge < -0.3 is 13.9 Å². The minimum Gasteiger partial charge on any atom is -0.485 e. The van der Waals surface area contributed by atoms with Crippen LogP contribution in [0.3, 0.4) is 0 Å². The molecule has 0 aliphatic carbocycles. The highest BCUT2D eigenvalue weighted by molar-refractivity contribution is 9.10. The van der Waals surface area contributed by atoms with E-state index < -0.39 is 23.1 Å². The molecule has 10 heteroatoms. The number of hydrogen-bond acceptors (Lipinski definition) is 5. The lowest BCUT2D eigenvalue weighted by molar-refractivity contribution is -0.154. The van der Waals surface area contributed by atoms with E-state index in [-0.39, 0.29) is 34.9 Å². The summed E-state index contributed by atoms with van der Waals surface area (Å²) in [5, 5.41) is -0.137. The maximum atomic E-state index is 13.7. The van der Waals surface area contributed by atoms with Crippen LogP contribution < -0.4 is 14.9 Å². The summed E-state index contributed by atoms with van der Waals surface area (Å²) in [4.78, 5) is 25.2. The van der Waals surface area contributed by atoms with Gasteiger partial charge in [-0.25, -0.2) is 0 Å². The third-order valence-corrected chi connectivity index (χ3v) is 5.85. The lowest BCUT2D eigenvalue weighted by Gasteiger charge is -2.14. The van der Waals surface area contributed by atoms with E-state index in [2.05, 4.69) is 31.9 Å². The summed E-state index contributed by atoms with van der Waals surface area (Å²) in [7, 11) is 0. The van der Waals surface area contributed by atoms with Gasteiger partial charge >= 0.3 is 6.18 Å². The Bertz CT molecular complexity index is 1430. The van der Waals surface area contributed by atoms with Crippen LogP contribution in [-0.4, -0.2) is 12.4 Å². The first-order valence-electron chi connectivity index (χ1n) is 9.65. The molecule has 0 amide bonds. The minimum absolute atomic E-state index is 0.0195. The fourth-order valence-electron chi connectivity index (χ4n) is 3.03. The molecule has 0 atom stereocenters. The molecule has 1 heterocycles. The van der Waals surface area contributed by atoms with E-state index in [1.807, 2.05) is 0 Å². The molecule has 5 nitrogen and oxygen atoms in total. The zero-order valence-corrected chi connectivity index (χ0v) is 20.2. The summed E-state index contributed by atoms with van der Waals surface area (Å²) in [5.41, 5.74) is -0.948. The molecule has 0 radical (unpaired) electrons. The van der Waals surface area contributed by atoms with Gasteiger partial charge in [0.25, 0.3) is 5.76 Å². The molecule has 0 bridgehead atoms. The lowest BCUT2D eigenvalue weighted by atomic mass is 10.1. The van der Waals surface area contributed by atoms with E-state index in [9.17, 15) is 22.8 Å². The number of alkyl halides is 3. The molecule has 3 aromatic carbocycles. The Morgan fingerprint density at radius 2 is 1.68 bits per heavy atom. The Kier molecular flexibility index (Phi) is 6.81. The summed E-state index contributed by atoms with van der Waals surface area (Å²) < 4.78 is 58.2. The van der Waals surface area contributed by atoms with Gasteiger partial charge in [-0.2, -0.15) is 13.2 Å². The molecule has 174 valence electrons. The molecule has 0 aliphatic rings. The molecule has 0 unspecified atom stereocenters. The smallest absolute Gasteiger partial charge is 0.453 e. The summed E-state index contributed by atoms with van der Waals surface area (Å²) >= 11 is 6.45. The predicted octanol–water partition coefficient (Wildman–Crippen LogP) is 7.39. The number of benzene rings is 3. The maximum Gasteiger partial charge on any atom is 0.453 e. The van der Waals surface area contributed by atoms with Crippen LogP contribution in [0.2, 0.25) is 0 Å². The van der Waals surface area contributed by atoms with Gasteiger partial charge in [-0.3, -0.25) is 9.59 Å². The molecule has 4 aromatic rings. The van der Waals surface area contributed by atoms with Crippen LogP contribution in [0.1, 0.15) is 16.1 Å². The van der Waals surface area contributed by atoms with Crippen molar-refractivity contribution in [1.82, 2.24) is 0 Å². The van der Waals surface area contributed by atoms with Crippen LogP contribution in [0, 0.1) is 0 Å². The number of carbonyl (C=O) groups is 1. The van der Waals surface area contributed by atoms with Gasteiger partial charge in [-0.1, -0.05) is 40.2 Å². The topological polar surface area (TPSA) is 65.7 Å². The zero-order valence-electron chi connectivity index (χ0n) is 17.0. The minimum atomic E-state index is -5.00. The number of ketones is 1. The average Bonchev–Trinajstić information content (AvgIpc) is 2.80. The zero-order chi connectivity index (χ0) is 24.5. The summed E-state index contributed by atoms with van der Waals surface area (Å²) in [5.74, 6) is -2.81. The standard InChI is InChI=1S/C24H13Br2F3O5/c25-14-7-5-13(6-8-14)18(30)12-32-15-9-10-16-20(11-15)34-23(24(27,28)29)22(21(16)31)33-19-4-2-1-3-17(19)26/h1-11H,12H2. The third-order valence-electron chi connectivity index (χ3n) is 4.66. The Balaban J connectivity index is 1.67. The molecular formula is C24H13Br2F3O5. The van der Waals surface area contributed by atoms with Crippen molar-refractivity contribution in [3.05, 3.63) is 97.2 Å². The third kappa shape index (κ3) is 5.18. The van der Waals surface area contributed by atoms with Crippen LogP contribution in [0.4, 0.5) is 13.2 Å². The van der Waals surface area contributed by atoms with Gasteiger partial charge in [0.1, 0.15) is 17.1 Å². The highest BCUT2D eigenvalue weighted by Gasteiger charge is 2.40. The van der Waals surface area contributed by atoms with Crippen molar-refractivity contribution in [1.29, 1.82) is 0 Å². The highest BCUT2D eigenvalue weighted by atomic mass is 79.9. The Morgan fingerprint density at radius 1 is 0.971 bits per heavy atom. The first-order chi connectivity index (χ1) is 16.1. The molecule has 0 saturated heterocycles. The van der Waals surface area contributed by atoms with E-state index in [0.717, 1.165) is 10.5 Å². The lowest BCUT2D eigenvalue weighted by Crippen LogP contribution is -2.16. The summed E-state index contributed by atoms with van der Waals surface area (Å²) in [6, 6.07) is 16.5. The van der Waals surface area contributed by atoms with Crippen molar-refractivity contribution in [2.75, 3.05) is 6.61 Å². The van der Waals surface area contributed by atoms with Crippen molar-refractivity contribution in [2.24, 2.45) is 0 Å². The number of rotatable bonds is 6. The van der Waals surface area contributed by atoms with Gasteiger partial charge in [-0.15, -0.1) is 0 Å². The second-order valence-electron chi connectivity index (χ2n) is 7.00. The Morgan fingerprint density at radius 3 is 2.35 bits per heavy atom. The van der Waals surface area contributed by atoms with Crippen LogP contribution in [0.15, 0.2) is 84.9 Å². The van der Waals surface area contributed by atoms with Crippen molar-refractivity contribution >= 4 is 48.6 Å². The van der Waals surface area contributed by atoms with Crippen LogP contribution >= 0.6 is 31.9 Å².